The number of nitrogens with zero attached hydrogens (tertiary/aromatic N) is 2. The Labute approximate surface area is 165 Å². The summed E-state index contributed by atoms with van der Waals surface area (Å²) in [6, 6.07) is 29.7. The summed E-state index contributed by atoms with van der Waals surface area (Å²) in [4.78, 5) is 0. The van der Waals surface area contributed by atoms with Crippen LogP contribution in [0.5, 0.6) is 0 Å². The molecule has 1 aliphatic rings. The summed E-state index contributed by atoms with van der Waals surface area (Å²) in [6.45, 7) is 2.76. The molecule has 0 spiro atoms. The van der Waals surface area contributed by atoms with Crippen LogP contribution < -0.4 is 5.01 Å². The Bertz CT molecular complexity index is 991. The number of para-hydroxylation sites is 1. The molecule has 0 aromatic heterocycles. The van der Waals surface area contributed by atoms with E-state index < -0.39 is 7.37 Å². The monoisotopic (exact) mass is 390 g/mol. The highest BCUT2D eigenvalue weighted by Gasteiger charge is 2.45. The smallest absolute Gasteiger partial charge is 0.261 e. The van der Waals surface area contributed by atoms with Crippen molar-refractivity contribution in [2.24, 2.45) is 5.10 Å². The Kier molecular flexibility index (Phi) is 5.43. The fourth-order valence-electron chi connectivity index (χ4n) is 3.54. The van der Waals surface area contributed by atoms with Crippen LogP contribution in [0.25, 0.3) is 0 Å². The van der Waals surface area contributed by atoms with Crippen LogP contribution in [0.3, 0.4) is 0 Å². The van der Waals surface area contributed by atoms with Crippen LogP contribution in [0.2, 0.25) is 0 Å². The maximum atomic E-state index is 14.3. The third-order valence-electron chi connectivity index (χ3n) is 4.86. The third kappa shape index (κ3) is 3.54. The molecule has 0 amide bonds. The summed E-state index contributed by atoms with van der Waals surface area (Å²) in [7, 11) is -3.23. The molecule has 0 fully saturated rings. The SMILES string of the molecule is CCO[P@]1(=O)C(c2ccccc2)=NN(c2ccccc2)C[C@H]1c1ccccc1. The zero-order valence-corrected chi connectivity index (χ0v) is 16.7. The molecule has 0 N–H and O–H groups in total. The molecule has 0 saturated carbocycles. The topological polar surface area (TPSA) is 41.9 Å². The number of hydrazone groups is 1. The molecule has 4 rings (SSSR count). The second-order valence-corrected chi connectivity index (χ2v) is 9.15. The second-order valence-electron chi connectivity index (χ2n) is 6.65. The van der Waals surface area contributed by atoms with Gasteiger partial charge in [0.2, 0.25) is 0 Å². The van der Waals surface area contributed by atoms with Gasteiger partial charge in [0, 0.05) is 5.56 Å². The van der Waals surface area contributed by atoms with Crippen LogP contribution in [-0.2, 0) is 9.09 Å². The Morgan fingerprint density at radius 1 is 0.929 bits per heavy atom. The summed E-state index contributed by atoms with van der Waals surface area (Å²) >= 11 is 0. The van der Waals surface area contributed by atoms with Gasteiger partial charge in [-0.15, -0.1) is 0 Å². The second kappa shape index (κ2) is 8.14. The van der Waals surface area contributed by atoms with Crippen molar-refractivity contribution in [2.45, 2.75) is 12.6 Å². The molecule has 3 aromatic carbocycles. The Balaban J connectivity index is 1.90. The molecule has 142 valence electrons. The van der Waals surface area contributed by atoms with E-state index in [-0.39, 0.29) is 5.66 Å². The molecule has 0 aliphatic carbocycles. The summed E-state index contributed by atoms with van der Waals surface area (Å²) in [5, 5.41) is 6.77. The van der Waals surface area contributed by atoms with E-state index in [9.17, 15) is 4.57 Å². The van der Waals surface area contributed by atoms with E-state index in [4.69, 9.17) is 9.63 Å². The predicted molar refractivity (Wildman–Crippen MR) is 115 cm³/mol. The average molecular weight is 390 g/mol. The van der Waals surface area contributed by atoms with Gasteiger partial charge in [0.1, 0.15) is 0 Å². The minimum Gasteiger partial charge on any atom is -0.324 e. The summed E-state index contributed by atoms with van der Waals surface area (Å²) in [5.41, 5.74) is 3.05. The molecule has 0 bridgehead atoms. The van der Waals surface area contributed by atoms with Crippen LogP contribution in [0, 0.1) is 0 Å². The van der Waals surface area contributed by atoms with Crippen LogP contribution in [0.1, 0.15) is 23.7 Å². The first-order chi connectivity index (χ1) is 13.7. The van der Waals surface area contributed by atoms with E-state index >= 15 is 0 Å². The molecule has 0 saturated heterocycles. The van der Waals surface area contributed by atoms with E-state index in [0.29, 0.717) is 18.6 Å². The fraction of sp³-hybridized carbons (Fsp3) is 0.174. The third-order valence-corrected chi connectivity index (χ3v) is 7.72. The largest absolute Gasteiger partial charge is 0.324 e. The normalized spacial score (nSPS) is 22.0. The highest BCUT2D eigenvalue weighted by molar-refractivity contribution is 7.77. The summed E-state index contributed by atoms with van der Waals surface area (Å²) in [6.07, 6.45) is 0. The molecule has 28 heavy (non-hydrogen) atoms. The van der Waals surface area contributed by atoms with Crippen molar-refractivity contribution >= 4 is 18.5 Å². The van der Waals surface area contributed by atoms with Crippen molar-refractivity contribution in [1.29, 1.82) is 0 Å². The Morgan fingerprint density at radius 3 is 2.11 bits per heavy atom. The zero-order valence-electron chi connectivity index (χ0n) is 15.8. The van der Waals surface area contributed by atoms with Crippen molar-refractivity contribution in [2.75, 3.05) is 18.2 Å². The Hall–Kier alpha value is -2.68. The maximum absolute atomic E-state index is 14.3. The first-order valence-electron chi connectivity index (χ1n) is 9.49. The van der Waals surface area contributed by atoms with Gasteiger partial charge >= 0.3 is 0 Å². The van der Waals surface area contributed by atoms with Gasteiger partial charge in [-0.2, -0.15) is 5.10 Å². The minimum absolute atomic E-state index is 0.290. The molecule has 0 unspecified atom stereocenters. The van der Waals surface area contributed by atoms with Gasteiger partial charge in [-0.25, -0.2) is 0 Å². The van der Waals surface area contributed by atoms with Gasteiger partial charge in [0.25, 0.3) is 7.37 Å². The van der Waals surface area contributed by atoms with Crippen LogP contribution in [0.4, 0.5) is 5.69 Å². The standard InChI is InChI=1S/C23H23N2O2P/c1-2-27-28(26)22(19-12-6-3-7-13-19)18-25(21-16-10-5-11-17-21)24-23(28)20-14-8-4-9-15-20/h3-17,22H,2,18H2,1H3/t22-,28-/m0/s1. The summed E-state index contributed by atoms with van der Waals surface area (Å²) in [5.74, 6) is 0. The van der Waals surface area contributed by atoms with E-state index in [1.165, 1.54) is 0 Å². The van der Waals surface area contributed by atoms with Gasteiger partial charge in [-0.1, -0.05) is 78.9 Å². The van der Waals surface area contributed by atoms with Crippen molar-refractivity contribution in [3.05, 3.63) is 102 Å². The van der Waals surface area contributed by atoms with Crippen molar-refractivity contribution < 1.29 is 9.09 Å². The van der Waals surface area contributed by atoms with Crippen molar-refractivity contribution in [3.63, 3.8) is 0 Å². The van der Waals surface area contributed by atoms with Gasteiger partial charge in [-0.3, -0.25) is 9.57 Å². The van der Waals surface area contributed by atoms with Gasteiger partial charge in [0.05, 0.1) is 24.5 Å². The lowest BCUT2D eigenvalue weighted by molar-refractivity contribution is 0.334. The molecule has 5 heteroatoms. The minimum atomic E-state index is -3.23. The molecule has 2 atom stereocenters. The molecule has 4 nitrogen and oxygen atoms in total. The lowest BCUT2D eigenvalue weighted by Crippen LogP contribution is -2.32. The summed E-state index contributed by atoms with van der Waals surface area (Å²) < 4.78 is 20.3. The number of benzene rings is 3. The lowest BCUT2D eigenvalue weighted by Gasteiger charge is -2.37. The van der Waals surface area contributed by atoms with Gasteiger partial charge < -0.3 is 4.52 Å². The molecular weight excluding hydrogens is 367 g/mol. The molecular formula is C23H23N2O2P. The van der Waals surface area contributed by atoms with Gasteiger partial charge in [0.15, 0.2) is 5.45 Å². The number of hydrogen-bond donors (Lipinski definition) is 0. The molecule has 0 radical (unpaired) electrons. The van der Waals surface area contributed by atoms with Crippen LogP contribution >= 0.6 is 7.37 Å². The molecule has 3 aromatic rings. The Morgan fingerprint density at radius 2 is 1.50 bits per heavy atom. The molecule has 1 aliphatic heterocycles. The van der Waals surface area contributed by atoms with Crippen molar-refractivity contribution in [1.82, 2.24) is 0 Å². The van der Waals surface area contributed by atoms with E-state index in [0.717, 1.165) is 16.8 Å². The number of anilines is 1. The fourth-order valence-corrected chi connectivity index (χ4v) is 6.20. The zero-order chi connectivity index (χ0) is 19.4. The van der Waals surface area contributed by atoms with E-state index in [1.807, 2.05) is 103 Å². The predicted octanol–water partition coefficient (Wildman–Crippen LogP) is 5.92. The highest BCUT2D eigenvalue weighted by Crippen LogP contribution is 2.64. The number of rotatable bonds is 5. The molecule has 1 heterocycles. The first-order valence-corrected chi connectivity index (χ1v) is 11.2. The van der Waals surface area contributed by atoms with Crippen molar-refractivity contribution in [3.8, 4) is 0 Å². The maximum Gasteiger partial charge on any atom is 0.261 e. The average Bonchev–Trinajstić information content (AvgIpc) is 2.76. The first kappa shape index (κ1) is 18.7. The van der Waals surface area contributed by atoms with E-state index in [2.05, 4.69) is 0 Å². The van der Waals surface area contributed by atoms with Gasteiger partial charge in [-0.05, 0) is 24.6 Å². The van der Waals surface area contributed by atoms with Crippen LogP contribution in [0.15, 0.2) is 96.1 Å². The quantitative estimate of drug-likeness (QED) is 0.508. The van der Waals surface area contributed by atoms with E-state index in [1.54, 1.807) is 0 Å². The highest BCUT2D eigenvalue weighted by atomic mass is 31.2. The number of hydrogen-bond acceptors (Lipinski definition) is 4. The van der Waals surface area contributed by atoms with Crippen LogP contribution in [-0.4, -0.2) is 18.6 Å². The lowest BCUT2D eigenvalue weighted by atomic mass is 10.1.